The Morgan fingerprint density at radius 3 is 2.62 bits per heavy atom. The summed E-state index contributed by atoms with van der Waals surface area (Å²) >= 11 is 0. The number of nitrogens with zero attached hydrogens (tertiary/aromatic N) is 2. The van der Waals surface area contributed by atoms with E-state index in [9.17, 15) is 20.0 Å². The molecule has 2 rings (SSSR count). The molecule has 0 aliphatic rings. The normalized spacial score (nSPS) is 10.2. The van der Waals surface area contributed by atoms with Crippen LogP contribution in [0.25, 0.3) is 0 Å². The number of aryl methyl sites for hydroxylation is 1. The summed E-state index contributed by atoms with van der Waals surface area (Å²) in [6.45, 7) is 2.58. The lowest BCUT2D eigenvalue weighted by Crippen LogP contribution is -2.30. The second-order valence-electron chi connectivity index (χ2n) is 5.30. The molecule has 0 unspecified atom stereocenters. The average Bonchev–Trinajstić information content (AvgIpc) is 2.55. The number of amides is 1. The van der Waals surface area contributed by atoms with E-state index < -0.39 is 16.4 Å². The van der Waals surface area contributed by atoms with Crippen molar-refractivity contribution < 1.29 is 19.6 Å². The standard InChI is InChI=1S/C17H18N2O5/c1-12-5-3-4-6-16(12)24-10-9-18(2)17(21)13-7-8-14(19(22)23)15(20)11-13/h3-8,11,20H,9-10H2,1-2H3. The van der Waals surface area contributed by atoms with E-state index in [4.69, 9.17) is 4.74 Å². The van der Waals surface area contributed by atoms with Gasteiger partial charge in [-0.15, -0.1) is 0 Å². The lowest BCUT2D eigenvalue weighted by Gasteiger charge is -2.18. The van der Waals surface area contributed by atoms with Gasteiger partial charge in [-0.1, -0.05) is 18.2 Å². The van der Waals surface area contributed by atoms with Crippen LogP contribution in [-0.2, 0) is 0 Å². The van der Waals surface area contributed by atoms with Crippen molar-refractivity contribution in [1.29, 1.82) is 0 Å². The van der Waals surface area contributed by atoms with Gasteiger partial charge in [0.1, 0.15) is 12.4 Å². The highest BCUT2D eigenvalue weighted by Gasteiger charge is 2.18. The van der Waals surface area contributed by atoms with Crippen LogP contribution in [0, 0.1) is 17.0 Å². The Kier molecular flexibility index (Phi) is 5.36. The number of hydrogen-bond donors (Lipinski definition) is 1. The number of likely N-dealkylation sites (N-methyl/N-ethyl adjacent to an activating group) is 1. The lowest BCUT2D eigenvalue weighted by molar-refractivity contribution is -0.385. The summed E-state index contributed by atoms with van der Waals surface area (Å²) in [4.78, 5) is 23.7. The fraction of sp³-hybridized carbons (Fsp3) is 0.235. The number of carbonyl (C=O) groups excluding carboxylic acids is 1. The Hall–Kier alpha value is -3.09. The summed E-state index contributed by atoms with van der Waals surface area (Å²) in [6.07, 6.45) is 0. The van der Waals surface area contributed by atoms with Crippen LogP contribution in [0.15, 0.2) is 42.5 Å². The fourth-order valence-electron chi connectivity index (χ4n) is 2.14. The Balaban J connectivity index is 1.96. The summed E-state index contributed by atoms with van der Waals surface area (Å²) in [5, 5.41) is 20.3. The predicted molar refractivity (Wildman–Crippen MR) is 88.4 cm³/mol. The summed E-state index contributed by atoms with van der Waals surface area (Å²) < 4.78 is 5.64. The molecule has 7 heteroatoms. The van der Waals surface area contributed by atoms with Gasteiger partial charge in [-0.3, -0.25) is 14.9 Å². The van der Waals surface area contributed by atoms with E-state index in [1.54, 1.807) is 7.05 Å². The summed E-state index contributed by atoms with van der Waals surface area (Å²) in [5.41, 5.74) is 0.750. The SMILES string of the molecule is Cc1ccccc1OCCN(C)C(=O)c1ccc([N+](=O)[O-])c(O)c1. The topological polar surface area (TPSA) is 92.9 Å². The van der Waals surface area contributed by atoms with Crippen LogP contribution in [-0.4, -0.2) is 41.0 Å². The van der Waals surface area contributed by atoms with Crippen LogP contribution in [0.3, 0.4) is 0 Å². The molecule has 0 aliphatic carbocycles. The van der Waals surface area contributed by atoms with Crippen molar-refractivity contribution in [2.75, 3.05) is 20.2 Å². The third-order valence-corrected chi connectivity index (χ3v) is 3.54. The van der Waals surface area contributed by atoms with Gasteiger partial charge in [0.05, 0.1) is 11.5 Å². The van der Waals surface area contributed by atoms with E-state index in [0.717, 1.165) is 23.4 Å². The van der Waals surface area contributed by atoms with Gasteiger partial charge in [-0.25, -0.2) is 0 Å². The van der Waals surface area contributed by atoms with Crippen molar-refractivity contribution in [3.63, 3.8) is 0 Å². The second-order valence-corrected chi connectivity index (χ2v) is 5.30. The molecule has 1 N–H and O–H groups in total. The zero-order chi connectivity index (χ0) is 17.7. The number of ether oxygens (including phenoxy) is 1. The van der Waals surface area contributed by atoms with E-state index in [1.165, 1.54) is 11.0 Å². The maximum atomic E-state index is 12.3. The zero-order valence-electron chi connectivity index (χ0n) is 13.4. The van der Waals surface area contributed by atoms with Crippen molar-refractivity contribution in [2.24, 2.45) is 0 Å². The maximum absolute atomic E-state index is 12.3. The molecule has 7 nitrogen and oxygen atoms in total. The van der Waals surface area contributed by atoms with Crippen molar-refractivity contribution >= 4 is 11.6 Å². The molecule has 0 spiro atoms. The molecule has 24 heavy (non-hydrogen) atoms. The molecule has 0 atom stereocenters. The number of phenolic OH excluding ortho intramolecular Hbond substituents is 1. The minimum absolute atomic E-state index is 0.177. The van der Waals surface area contributed by atoms with Crippen molar-refractivity contribution in [3.05, 3.63) is 63.7 Å². The van der Waals surface area contributed by atoms with Crippen LogP contribution in [0.4, 0.5) is 5.69 Å². The summed E-state index contributed by atoms with van der Waals surface area (Å²) in [6, 6.07) is 11.1. The van der Waals surface area contributed by atoms with Crippen LogP contribution in [0.2, 0.25) is 0 Å². The Morgan fingerprint density at radius 1 is 1.29 bits per heavy atom. The lowest BCUT2D eigenvalue weighted by atomic mass is 10.1. The Bertz CT molecular complexity index is 760. The van der Waals surface area contributed by atoms with Crippen LogP contribution in [0.1, 0.15) is 15.9 Å². The number of para-hydroxylation sites is 1. The van der Waals surface area contributed by atoms with E-state index in [2.05, 4.69) is 0 Å². The van der Waals surface area contributed by atoms with Gasteiger partial charge in [-0.05, 0) is 30.7 Å². The molecular formula is C17H18N2O5. The van der Waals surface area contributed by atoms with Gasteiger partial charge in [0.25, 0.3) is 5.91 Å². The fourth-order valence-corrected chi connectivity index (χ4v) is 2.14. The minimum Gasteiger partial charge on any atom is -0.502 e. The number of hydrogen-bond acceptors (Lipinski definition) is 5. The molecule has 0 heterocycles. The van der Waals surface area contributed by atoms with Crippen LogP contribution >= 0.6 is 0 Å². The first-order valence-corrected chi connectivity index (χ1v) is 7.31. The molecule has 2 aromatic carbocycles. The molecule has 1 amide bonds. The first-order chi connectivity index (χ1) is 11.4. The largest absolute Gasteiger partial charge is 0.502 e. The predicted octanol–water partition coefficient (Wildman–Crippen LogP) is 2.76. The molecule has 0 radical (unpaired) electrons. The number of rotatable bonds is 6. The molecule has 0 saturated carbocycles. The maximum Gasteiger partial charge on any atom is 0.310 e. The number of nitro benzene ring substituents is 1. The zero-order valence-corrected chi connectivity index (χ0v) is 13.4. The first-order valence-electron chi connectivity index (χ1n) is 7.31. The van der Waals surface area contributed by atoms with Crippen molar-refractivity contribution in [2.45, 2.75) is 6.92 Å². The monoisotopic (exact) mass is 330 g/mol. The highest BCUT2D eigenvalue weighted by atomic mass is 16.6. The van der Waals surface area contributed by atoms with E-state index in [0.29, 0.717) is 13.2 Å². The van der Waals surface area contributed by atoms with E-state index in [1.807, 2.05) is 31.2 Å². The quantitative estimate of drug-likeness (QED) is 0.649. The van der Waals surface area contributed by atoms with Gasteiger partial charge in [0, 0.05) is 18.7 Å². The Labute approximate surface area is 139 Å². The number of aromatic hydroxyl groups is 1. The highest BCUT2D eigenvalue weighted by Crippen LogP contribution is 2.26. The third-order valence-electron chi connectivity index (χ3n) is 3.54. The van der Waals surface area contributed by atoms with Gasteiger partial charge >= 0.3 is 5.69 Å². The molecule has 2 aromatic rings. The van der Waals surface area contributed by atoms with Gasteiger partial charge in [0.2, 0.25) is 0 Å². The Morgan fingerprint density at radius 2 is 2.00 bits per heavy atom. The van der Waals surface area contributed by atoms with Gasteiger partial charge < -0.3 is 14.7 Å². The minimum atomic E-state index is -0.705. The number of phenols is 1. The van der Waals surface area contributed by atoms with Gasteiger partial charge in [0.15, 0.2) is 5.75 Å². The number of benzene rings is 2. The number of nitro groups is 1. The first kappa shape index (κ1) is 17.3. The molecule has 0 fully saturated rings. The molecule has 0 aromatic heterocycles. The smallest absolute Gasteiger partial charge is 0.310 e. The summed E-state index contributed by atoms with van der Waals surface area (Å²) in [7, 11) is 1.60. The average molecular weight is 330 g/mol. The van der Waals surface area contributed by atoms with Crippen molar-refractivity contribution in [1.82, 2.24) is 4.90 Å². The van der Waals surface area contributed by atoms with Crippen molar-refractivity contribution in [3.8, 4) is 11.5 Å². The number of carbonyl (C=O) groups is 1. The molecule has 0 aliphatic heterocycles. The van der Waals surface area contributed by atoms with Gasteiger partial charge in [-0.2, -0.15) is 0 Å². The van der Waals surface area contributed by atoms with Crippen LogP contribution in [0.5, 0.6) is 11.5 Å². The third kappa shape index (κ3) is 4.01. The molecule has 0 bridgehead atoms. The molecule has 126 valence electrons. The van der Waals surface area contributed by atoms with Crippen LogP contribution < -0.4 is 4.74 Å². The second kappa shape index (κ2) is 7.45. The molecular weight excluding hydrogens is 312 g/mol. The molecule has 0 saturated heterocycles. The van der Waals surface area contributed by atoms with E-state index in [-0.39, 0.29) is 11.5 Å². The summed E-state index contributed by atoms with van der Waals surface area (Å²) in [5.74, 6) is -0.129. The highest BCUT2D eigenvalue weighted by molar-refractivity contribution is 5.94. The van der Waals surface area contributed by atoms with E-state index >= 15 is 0 Å².